The van der Waals surface area contributed by atoms with Gasteiger partial charge < -0.3 is 0 Å². The summed E-state index contributed by atoms with van der Waals surface area (Å²) in [7, 11) is 0. The predicted octanol–water partition coefficient (Wildman–Crippen LogP) is 3.72. The van der Waals surface area contributed by atoms with Gasteiger partial charge >= 0.3 is 0 Å². The molecule has 3 heteroatoms. The van der Waals surface area contributed by atoms with Crippen molar-refractivity contribution in [1.29, 1.82) is 0 Å². The molecule has 0 fully saturated rings. The highest BCUT2D eigenvalue weighted by Gasteiger charge is 2.08. The molecule has 1 heterocycles. The molecule has 0 amide bonds. The second-order valence-corrected chi connectivity index (χ2v) is 4.35. The van der Waals surface area contributed by atoms with E-state index in [1.165, 1.54) is 11.3 Å². The topological polar surface area (TPSA) is 17.1 Å². The summed E-state index contributed by atoms with van der Waals surface area (Å²) in [6.07, 6.45) is 0. The van der Waals surface area contributed by atoms with Crippen LogP contribution in [0.1, 0.15) is 20.8 Å². The number of hydrogen-bond donors (Lipinski definition) is 0. The van der Waals surface area contributed by atoms with Gasteiger partial charge in [0.15, 0.2) is 0 Å². The third-order valence-corrected chi connectivity index (χ3v) is 3.29. The summed E-state index contributed by atoms with van der Waals surface area (Å²) in [6, 6.07) is 11.1. The summed E-state index contributed by atoms with van der Waals surface area (Å²) in [6.45, 7) is 0. The van der Waals surface area contributed by atoms with Crippen molar-refractivity contribution >= 4 is 28.7 Å². The highest BCUT2D eigenvalue weighted by molar-refractivity contribution is 7.12. The first kappa shape index (κ1) is 10.4. The standard InChI is InChI=1S/C12H9ClOS/c13-8-9-3-5-10(6-4-9)12(14)11-2-1-7-15-11/h1-7H,8H2. The Balaban J connectivity index is 2.27. The van der Waals surface area contributed by atoms with Crippen molar-refractivity contribution in [1.82, 2.24) is 0 Å². The lowest BCUT2D eigenvalue weighted by atomic mass is 10.1. The summed E-state index contributed by atoms with van der Waals surface area (Å²) >= 11 is 7.14. The van der Waals surface area contributed by atoms with Crippen LogP contribution in [0.25, 0.3) is 0 Å². The van der Waals surface area contributed by atoms with Gasteiger partial charge in [0, 0.05) is 11.4 Å². The van der Waals surface area contributed by atoms with Crippen LogP contribution in [0.15, 0.2) is 41.8 Å². The number of hydrogen-bond acceptors (Lipinski definition) is 2. The number of ketones is 1. The van der Waals surface area contributed by atoms with E-state index in [9.17, 15) is 4.79 Å². The third-order valence-electron chi connectivity index (χ3n) is 2.12. The zero-order valence-electron chi connectivity index (χ0n) is 7.94. The lowest BCUT2D eigenvalue weighted by molar-refractivity contribution is 0.104. The Kier molecular flexibility index (Phi) is 3.19. The van der Waals surface area contributed by atoms with Gasteiger partial charge in [0.2, 0.25) is 5.78 Å². The van der Waals surface area contributed by atoms with E-state index in [0.29, 0.717) is 11.4 Å². The molecule has 2 rings (SSSR count). The fourth-order valence-electron chi connectivity index (χ4n) is 1.30. The summed E-state index contributed by atoms with van der Waals surface area (Å²) < 4.78 is 0. The van der Waals surface area contributed by atoms with E-state index in [-0.39, 0.29) is 5.78 Å². The van der Waals surface area contributed by atoms with Gasteiger partial charge in [-0.3, -0.25) is 4.79 Å². The SMILES string of the molecule is O=C(c1ccc(CCl)cc1)c1cccs1. The van der Waals surface area contributed by atoms with Crippen molar-refractivity contribution in [2.45, 2.75) is 5.88 Å². The van der Waals surface area contributed by atoms with Gasteiger partial charge in [-0.15, -0.1) is 22.9 Å². The Morgan fingerprint density at radius 2 is 1.93 bits per heavy atom. The van der Waals surface area contributed by atoms with Crippen molar-refractivity contribution in [2.75, 3.05) is 0 Å². The van der Waals surface area contributed by atoms with E-state index in [1.807, 2.05) is 41.8 Å². The zero-order valence-corrected chi connectivity index (χ0v) is 9.52. The second kappa shape index (κ2) is 4.60. The molecule has 2 aromatic rings. The Labute approximate surface area is 97.3 Å². The van der Waals surface area contributed by atoms with Crippen molar-refractivity contribution in [3.05, 3.63) is 57.8 Å². The van der Waals surface area contributed by atoms with Crippen LogP contribution in [0.3, 0.4) is 0 Å². The molecular weight excluding hydrogens is 228 g/mol. The van der Waals surface area contributed by atoms with Gasteiger partial charge in [-0.25, -0.2) is 0 Å². The second-order valence-electron chi connectivity index (χ2n) is 3.14. The van der Waals surface area contributed by atoms with Crippen molar-refractivity contribution in [3.8, 4) is 0 Å². The van der Waals surface area contributed by atoms with Gasteiger partial charge in [0.1, 0.15) is 0 Å². The average Bonchev–Trinajstić information content (AvgIpc) is 2.82. The van der Waals surface area contributed by atoms with E-state index in [1.54, 1.807) is 0 Å². The van der Waals surface area contributed by atoms with Gasteiger partial charge in [-0.1, -0.05) is 30.3 Å². The van der Waals surface area contributed by atoms with Crippen LogP contribution in [-0.4, -0.2) is 5.78 Å². The maximum Gasteiger partial charge on any atom is 0.202 e. The fraction of sp³-hybridized carbons (Fsp3) is 0.0833. The molecule has 0 aliphatic rings. The highest BCUT2D eigenvalue weighted by atomic mass is 35.5. The molecule has 0 bridgehead atoms. The minimum atomic E-state index is 0.0751. The smallest absolute Gasteiger partial charge is 0.202 e. The molecular formula is C12H9ClOS. The van der Waals surface area contributed by atoms with Crippen LogP contribution in [0.2, 0.25) is 0 Å². The van der Waals surface area contributed by atoms with E-state index >= 15 is 0 Å². The lowest BCUT2D eigenvalue weighted by Crippen LogP contribution is -1.98. The quantitative estimate of drug-likeness (QED) is 0.587. The maximum atomic E-state index is 11.9. The lowest BCUT2D eigenvalue weighted by Gasteiger charge is -1.99. The molecule has 0 aliphatic heterocycles. The third kappa shape index (κ3) is 2.28. The number of rotatable bonds is 3. The van der Waals surface area contributed by atoms with Gasteiger partial charge in [0.25, 0.3) is 0 Å². The van der Waals surface area contributed by atoms with Crippen LogP contribution >= 0.6 is 22.9 Å². The van der Waals surface area contributed by atoms with Crippen LogP contribution in [0, 0.1) is 0 Å². The molecule has 1 nitrogen and oxygen atoms in total. The Morgan fingerprint density at radius 3 is 2.47 bits per heavy atom. The monoisotopic (exact) mass is 236 g/mol. The Hall–Kier alpha value is -1.12. The number of benzene rings is 1. The molecule has 0 saturated heterocycles. The summed E-state index contributed by atoms with van der Waals surface area (Å²) in [5, 5.41) is 1.90. The highest BCUT2D eigenvalue weighted by Crippen LogP contribution is 2.16. The first-order valence-corrected chi connectivity index (χ1v) is 5.96. The molecule has 15 heavy (non-hydrogen) atoms. The summed E-state index contributed by atoms with van der Waals surface area (Å²) in [5.74, 6) is 0.555. The first-order valence-electron chi connectivity index (χ1n) is 4.54. The van der Waals surface area contributed by atoms with Crippen molar-refractivity contribution < 1.29 is 4.79 Å². The number of halogens is 1. The van der Waals surface area contributed by atoms with Crippen LogP contribution < -0.4 is 0 Å². The number of alkyl halides is 1. The zero-order chi connectivity index (χ0) is 10.7. The van der Waals surface area contributed by atoms with E-state index in [0.717, 1.165) is 10.4 Å². The summed E-state index contributed by atoms with van der Waals surface area (Å²) in [4.78, 5) is 12.7. The molecule has 0 spiro atoms. The number of carbonyl (C=O) groups is 1. The fourth-order valence-corrected chi connectivity index (χ4v) is 2.16. The Bertz CT molecular complexity index is 445. The molecule has 0 aliphatic carbocycles. The van der Waals surface area contributed by atoms with Crippen LogP contribution in [0.4, 0.5) is 0 Å². The van der Waals surface area contributed by atoms with Crippen LogP contribution in [-0.2, 0) is 5.88 Å². The average molecular weight is 237 g/mol. The first-order chi connectivity index (χ1) is 7.31. The number of carbonyl (C=O) groups excluding carboxylic acids is 1. The van der Waals surface area contributed by atoms with Crippen molar-refractivity contribution in [3.63, 3.8) is 0 Å². The predicted molar refractivity (Wildman–Crippen MR) is 63.8 cm³/mol. The minimum absolute atomic E-state index is 0.0751. The molecule has 0 radical (unpaired) electrons. The van der Waals surface area contributed by atoms with E-state index in [2.05, 4.69) is 0 Å². The van der Waals surface area contributed by atoms with Gasteiger partial charge in [0.05, 0.1) is 4.88 Å². The molecule has 0 saturated carbocycles. The maximum absolute atomic E-state index is 11.9. The minimum Gasteiger partial charge on any atom is -0.288 e. The Morgan fingerprint density at radius 1 is 1.20 bits per heavy atom. The number of thiophene rings is 1. The molecule has 1 aromatic carbocycles. The molecule has 0 N–H and O–H groups in total. The van der Waals surface area contributed by atoms with Gasteiger partial charge in [-0.05, 0) is 17.0 Å². The van der Waals surface area contributed by atoms with Gasteiger partial charge in [-0.2, -0.15) is 0 Å². The molecule has 1 aromatic heterocycles. The van der Waals surface area contributed by atoms with E-state index < -0.39 is 0 Å². The van der Waals surface area contributed by atoms with Crippen LogP contribution in [0.5, 0.6) is 0 Å². The molecule has 0 unspecified atom stereocenters. The molecule has 76 valence electrons. The molecule has 0 atom stereocenters. The van der Waals surface area contributed by atoms with Crippen molar-refractivity contribution in [2.24, 2.45) is 0 Å². The normalized spacial score (nSPS) is 10.2. The van der Waals surface area contributed by atoms with E-state index in [4.69, 9.17) is 11.6 Å². The summed E-state index contributed by atoms with van der Waals surface area (Å²) in [5.41, 5.74) is 1.74. The largest absolute Gasteiger partial charge is 0.288 e.